The maximum Gasteiger partial charge on any atom is 0.416 e. The fourth-order valence-electron chi connectivity index (χ4n) is 5.77. The highest BCUT2D eigenvalue weighted by Crippen LogP contribution is 2.42. The normalized spacial score (nSPS) is 27.4. The van der Waals surface area contributed by atoms with Crippen molar-refractivity contribution in [1.29, 1.82) is 0 Å². The van der Waals surface area contributed by atoms with Crippen LogP contribution in [0, 0.1) is 11.3 Å². The Morgan fingerprint density at radius 1 is 1.10 bits per heavy atom. The van der Waals surface area contributed by atoms with E-state index in [-0.39, 0.29) is 30.1 Å². The lowest BCUT2D eigenvalue weighted by molar-refractivity contribution is -0.211. The molecule has 2 saturated heterocycles. The van der Waals surface area contributed by atoms with Gasteiger partial charge in [0.25, 0.3) is 0 Å². The molecule has 2 aromatic carbocycles. The van der Waals surface area contributed by atoms with Crippen molar-refractivity contribution < 1.29 is 45.7 Å². The van der Waals surface area contributed by atoms with E-state index < -0.39 is 47.3 Å². The molecule has 2 aromatic rings. The molecule has 2 heterocycles. The van der Waals surface area contributed by atoms with Crippen molar-refractivity contribution in [3.63, 3.8) is 0 Å². The van der Waals surface area contributed by atoms with Gasteiger partial charge >= 0.3 is 18.3 Å². The lowest BCUT2D eigenvalue weighted by atomic mass is 9.78. The number of carboxylic acid groups (broad SMARTS) is 1. The van der Waals surface area contributed by atoms with Gasteiger partial charge in [-0.2, -0.15) is 26.3 Å². The lowest BCUT2D eigenvalue weighted by Gasteiger charge is -2.44. The second-order valence-electron chi connectivity index (χ2n) is 11.0. The molecule has 40 heavy (non-hydrogen) atoms. The Kier molecular flexibility index (Phi) is 8.87. The molecule has 1 N–H and O–H groups in total. The predicted octanol–water partition coefficient (Wildman–Crippen LogP) is 7.13. The molecule has 0 aromatic heterocycles. The Labute approximate surface area is 229 Å². The highest BCUT2D eigenvalue weighted by molar-refractivity contribution is 5.74. The van der Waals surface area contributed by atoms with E-state index in [1.807, 2.05) is 30.3 Å². The third-order valence-electron chi connectivity index (χ3n) is 7.96. The first-order chi connectivity index (χ1) is 18.7. The van der Waals surface area contributed by atoms with Crippen molar-refractivity contribution in [1.82, 2.24) is 4.90 Å². The molecular weight excluding hydrogens is 540 g/mol. The van der Waals surface area contributed by atoms with Gasteiger partial charge in [0, 0.05) is 19.0 Å². The number of rotatable bonds is 7. The zero-order valence-electron chi connectivity index (χ0n) is 22.3. The summed E-state index contributed by atoms with van der Waals surface area (Å²) >= 11 is 0. The number of carbonyl (C=O) groups is 1. The fraction of sp³-hybridized carbons (Fsp3) is 0.552. The molecule has 2 aliphatic rings. The van der Waals surface area contributed by atoms with E-state index in [4.69, 9.17) is 9.47 Å². The summed E-state index contributed by atoms with van der Waals surface area (Å²) in [6.45, 7) is 5.10. The van der Waals surface area contributed by atoms with E-state index >= 15 is 0 Å². The van der Waals surface area contributed by atoms with Crippen LogP contribution in [0.1, 0.15) is 67.4 Å². The molecule has 0 amide bonds. The number of hydrogen-bond acceptors (Lipinski definition) is 4. The van der Waals surface area contributed by atoms with Gasteiger partial charge in [0.1, 0.15) is 0 Å². The van der Waals surface area contributed by atoms with Gasteiger partial charge in [0.15, 0.2) is 6.29 Å². The van der Waals surface area contributed by atoms with E-state index in [2.05, 4.69) is 4.90 Å². The van der Waals surface area contributed by atoms with Gasteiger partial charge < -0.3 is 19.5 Å². The molecule has 2 aliphatic heterocycles. The topological polar surface area (TPSA) is 59.0 Å². The standard InChI is InChI=1S/C29H33F6NO4/c1-18(21-13-22(28(30,31)32)15-23(14-21)29(33,34)35)40-25-24(19-7-4-3-5-8-19)20(9-12-39-25)16-36-11-6-10-27(2,17-36)26(37)38/h3-5,7-8,13-15,18,20,24-25H,6,9-12,16-17H2,1-2H3,(H,37,38)/t18-,20+,24+,25-,27-/m1/s1. The molecule has 0 saturated carbocycles. The molecule has 11 heteroatoms. The average Bonchev–Trinajstić information content (AvgIpc) is 2.88. The Morgan fingerprint density at radius 2 is 1.73 bits per heavy atom. The summed E-state index contributed by atoms with van der Waals surface area (Å²) < 4.78 is 92.7. The maximum absolute atomic E-state index is 13.4. The second-order valence-corrected chi connectivity index (χ2v) is 11.0. The minimum absolute atomic E-state index is 0.0447. The number of likely N-dealkylation sites (tertiary alicyclic amines) is 1. The fourth-order valence-corrected chi connectivity index (χ4v) is 5.77. The maximum atomic E-state index is 13.4. The number of benzene rings is 2. The van der Waals surface area contributed by atoms with Crippen molar-refractivity contribution in [2.24, 2.45) is 11.3 Å². The van der Waals surface area contributed by atoms with Gasteiger partial charge in [-0.25, -0.2) is 0 Å². The van der Waals surface area contributed by atoms with Crippen LogP contribution in [0.25, 0.3) is 0 Å². The molecule has 0 radical (unpaired) electrons. The average molecular weight is 574 g/mol. The van der Waals surface area contributed by atoms with Gasteiger partial charge in [-0.1, -0.05) is 30.3 Å². The quantitative estimate of drug-likeness (QED) is 0.357. The molecule has 2 fully saturated rings. The van der Waals surface area contributed by atoms with E-state index in [9.17, 15) is 36.2 Å². The zero-order valence-corrected chi connectivity index (χ0v) is 22.3. The summed E-state index contributed by atoms with van der Waals surface area (Å²) in [5.74, 6) is -1.27. The van der Waals surface area contributed by atoms with Gasteiger partial charge in [-0.3, -0.25) is 4.79 Å². The molecule has 4 rings (SSSR count). The molecule has 0 bridgehead atoms. The van der Waals surface area contributed by atoms with Crippen molar-refractivity contribution >= 4 is 5.97 Å². The third-order valence-corrected chi connectivity index (χ3v) is 7.96. The number of alkyl halides is 6. The summed E-state index contributed by atoms with van der Waals surface area (Å²) in [7, 11) is 0. The van der Waals surface area contributed by atoms with Crippen molar-refractivity contribution in [3.8, 4) is 0 Å². The van der Waals surface area contributed by atoms with Crippen LogP contribution in [-0.4, -0.2) is 48.5 Å². The SMILES string of the molecule is C[C@@H](O[C@H]1OCC[C@@H](CN2CCC[C@@](C)(C(=O)O)C2)[C@@H]1c1ccccc1)c1cc(C(F)(F)F)cc(C(F)(F)F)c1. The van der Waals surface area contributed by atoms with E-state index in [1.165, 1.54) is 6.92 Å². The monoisotopic (exact) mass is 573 g/mol. The van der Waals surface area contributed by atoms with Crippen molar-refractivity contribution in [3.05, 3.63) is 70.8 Å². The van der Waals surface area contributed by atoms with Crippen LogP contribution in [0.2, 0.25) is 0 Å². The highest BCUT2D eigenvalue weighted by Gasteiger charge is 2.43. The number of halogens is 6. The Hall–Kier alpha value is -2.63. The summed E-state index contributed by atoms with van der Waals surface area (Å²) in [4.78, 5) is 14.0. The number of ether oxygens (including phenoxy) is 2. The summed E-state index contributed by atoms with van der Waals surface area (Å²) in [5.41, 5.74) is -3.06. The number of nitrogens with zero attached hydrogens (tertiary/aromatic N) is 1. The highest BCUT2D eigenvalue weighted by atomic mass is 19.4. The molecule has 5 atom stereocenters. The number of piperidine rings is 1. The third kappa shape index (κ3) is 6.98. The first kappa shape index (κ1) is 30.3. The molecular formula is C29H33F6NO4. The lowest BCUT2D eigenvalue weighted by Crippen LogP contribution is -2.49. The van der Waals surface area contributed by atoms with E-state index in [0.29, 0.717) is 38.1 Å². The summed E-state index contributed by atoms with van der Waals surface area (Å²) in [5, 5.41) is 9.73. The Bertz CT molecular complexity index is 1140. The predicted molar refractivity (Wildman–Crippen MR) is 134 cm³/mol. The van der Waals surface area contributed by atoms with Crippen molar-refractivity contribution in [2.45, 2.75) is 63.8 Å². The van der Waals surface area contributed by atoms with Crippen LogP contribution in [0.3, 0.4) is 0 Å². The minimum Gasteiger partial charge on any atom is -0.481 e. The Morgan fingerprint density at radius 3 is 2.30 bits per heavy atom. The van der Waals surface area contributed by atoms with Crippen LogP contribution in [-0.2, 0) is 26.6 Å². The second kappa shape index (κ2) is 11.7. The van der Waals surface area contributed by atoms with Crippen LogP contribution >= 0.6 is 0 Å². The van der Waals surface area contributed by atoms with Gasteiger partial charge in [0.2, 0.25) is 0 Å². The first-order valence-electron chi connectivity index (χ1n) is 13.2. The smallest absolute Gasteiger partial charge is 0.416 e. The van der Waals surface area contributed by atoms with Gasteiger partial charge in [-0.05, 0) is 74.9 Å². The van der Waals surface area contributed by atoms with Crippen LogP contribution in [0.15, 0.2) is 48.5 Å². The molecule has 0 spiro atoms. The Balaban J connectivity index is 1.61. The van der Waals surface area contributed by atoms with Gasteiger partial charge in [0.05, 0.1) is 29.3 Å². The summed E-state index contributed by atoms with van der Waals surface area (Å²) in [6.07, 6.45) is -10.1. The largest absolute Gasteiger partial charge is 0.481 e. The zero-order chi connectivity index (χ0) is 29.3. The van der Waals surface area contributed by atoms with Crippen LogP contribution < -0.4 is 0 Å². The van der Waals surface area contributed by atoms with Crippen molar-refractivity contribution in [2.75, 3.05) is 26.2 Å². The van der Waals surface area contributed by atoms with Crippen LogP contribution in [0.5, 0.6) is 0 Å². The first-order valence-corrected chi connectivity index (χ1v) is 13.2. The number of carboxylic acids is 1. The van der Waals surface area contributed by atoms with E-state index in [1.54, 1.807) is 6.92 Å². The van der Waals surface area contributed by atoms with Gasteiger partial charge in [-0.15, -0.1) is 0 Å². The molecule has 0 aliphatic carbocycles. The summed E-state index contributed by atoms with van der Waals surface area (Å²) in [6, 6.07) is 10.7. The molecule has 220 valence electrons. The van der Waals surface area contributed by atoms with Crippen LogP contribution in [0.4, 0.5) is 26.3 Å². The number of hydrogen-bond donors (Lipinski definition) is 1. The molecule has 5 nitrogen and oxygen atoms in total. The minimum atomic E-state index is -4.96. The molecule has 0 unspecified atom stereocenters. The van der Waals surface area contributed by atoms with E-state index in [0.717, 1.165) is 18.5 Å². The number of aliphatic carboxylic acids is 1.